The van der Waals surface area contributed by atoms with E-state index in [1.165, 1.54) is 0 Å². The van der Waals surface area contributed by atoms with Gasteiger partial charge in [-0.05, 0) is 36.4 Å². The Balaban J connectivity index is 1.87. The normalized spacial score (nSPS) is 10.3. The number of hydrogen-bond acceptors (Lipinski definition) is 4. The van der Waals surface area contributed by atoms with Crippen molar-refractivity contribution in [2.24, 2.45) is 0 Å². The smallest absolute Gasteiger partial charge is 0.255 e. The molecule has 0 spiro atoms. The standard InChI is InChI=1S/C16H11N3O2/c1-10-18-14-6-5-12(8-15(14)21-10)16(20)19-13-4-2-3-11(7-13)9-17/h2-8H,1H3,(H,19,20). The first kappa shape index (κ1) is 12.9. The summed E-state index contributed by atoms with van der Waals surface area (Å²) in [4.78, 5) is 16.4. The molecule has 3 aromatic rings. The number of aromatic nitrogens is 1. The molecule has 0 saturated heterocycles. The number of aryl methyl sites for hydroxylation is 1. The van der Waals surface area contributed by atoms with E-state index in [0.29, 0.717) is 28.3 Å². The van der Waals surface area contributed by atoms with Crippen LogP contribution < -0.4 is 5.32 Å². The van der Waals surface area contributed by atoms with E-state index in [1.54, 1.807) is 49.4 Å². The lowest BCUT2D eigenvalue weighted by Crippen LogP contribution is -2.11. The van der Waals surface area contributed by atoms with Gasteiger partial charge in [0.05, 0.1) is 11.6 Å². The summed E-state index contributed by atoms with van der Waals surface area (Å²) < 4.78 is 5.41. The first-order valence-corrected chi connectivity index (χ1v) is 6.34. The molecule has 0 saturated carbocycles. The number of nitrogens with zero attached hydrogens (tertiary/aromatic N) is 2. The molecule has 0 unspecified atom stereocenters. The number of carbonyl (C=O) groups is 1. The van der Waals surface area contributed by atoms with E-state index < -0.39 is 0 Å². The van der Waals surface area contributed by atoms with E-state index in [2.05, 4.69) is 10.3 Å². The zero-order chi connectivity index (χ0) is 14.8. The van der Waals surface area contributed by atoms with Crippen LogP contribution in [0.2, 0.25) is 0 Å². The molecule has 1 N–H and O–H groups in total. The Bertz CT molecular complexity index is 875. The van der Waals surface area contributed by atoms with Crippen molar-refractivity contribution >= 4 is 22.7 Å². The fourth-order valence-corrected chi connectivity index (χ4v) is 2.05. The Labute approximate surface area is 120 Å². The molecule has 5 nitrogen and oxygen atoms in total. The summed E-state index contributed by atoms with van der Waals surface area (Å²) in [6.45, 7) is 1.76. The molecule has 2 aromatic carbocycles. The minimum atomic E-state index is -0.263. The predicted molar refractivity (Wildman–Crippen MR) is 77.9 cm³/mol. The van der Waals surface area contributed by atoms with Gasteiger partial charge >= 0.3 is 0 Å². The number of nitriles is 1. The number of amides is 1. The van der Waals surface area contributed by atoms with Crippen LogP contribution in [-0.4, -0.2) is 10.9 Å². The fourth-order valence-electron chi connectivity index (χ4n) is 2.05. The van der Waals surface area contributed by atoms with Gasteiger partial charge in [-0.2, -0.15) is 5.26 Å². The summed E-state index contributed by atoms with van der Waals surface area (Å²) in [6, 6.07) is 13.9. The highest BCUT2D eigenvalue weighted by atomic mass is 16.3. The van der Waals surface area contributed by atoms with Gasteiger partial charge in [-0.3, -0.25) is 4.79 Å². The summed E-state index contributed by atoms with van der Waals surface area (Å²) in [5, 5.41) is 11.6. The van der Waals surface area contributed by atoms with Gasteiger partial charge in [-0.25, -0.2) is 4.98 Å². The van der Waals surface area contributed by atoms with E-state index in [0.717, 1.165) is 5.52 Å². The number of nitrogens with one attached hydrogen (secondary N) is 1. The van der Waals surface area contributed by atoms with Crippen LogP contribution in [0.5, 0.6) is 0 Å². The van der Waals surface area contributed by atoms with Crippen molar-refractivity contribution in [3.05, 3.63) is 59.5 Å². The van der Waals surface area contributed by atoms with Crippen molar-refractivity contribution in [2.75, 3.05) is 5.32 Å². The van der Waals surface area contributed by atoms with Gasteiger partial charge in [0.15, 0.2) is 11.5 Å². The van der Waals surface area contributed by atoms with Crippen molar-refractivity contribution in [2.45, 2.75) is 6.92 Å². The summed E-state index contributed by atoms with van der Waals surface area (Å²) in [5.41, 5.74) is 2.84. The molecule has 21 heavy (non-hydrogen) atoms. The maximum Gasteiger partial charge on any atom is 0.255 e. The Morgan fingerprint density at radius 2 is 2.14 bits per heavy atom. The van der Waals surface area contributed by atoms with Gasteiger partial charge in [0, 0.05) is 18.2 Å². The minimum Gasteiger partial charge on any atom is -0.441 e. The first-order valence-electron chi connectivity index (χ1n) is 6.34. The van der Waals surface area contributed by atoms with Crippen molar-refractivity contribution in [3.63, 3.8) is 0 Å². The van der Waals surface area contributed by atoms with E-state index >= 15 is 0 Å². The molecular weight excluding hydrogens is 266 g/mol. The Kier molecular flexibility index (Phi) is 3.13. The minimum absolute atomic E-state index is 0.263. The van der Waals surface area contributed by atoms with Crippen LogP contribution in [0.1, 0.15) is 21.8 Å². The number of benzene rings is 2. The zero-order valence-corrected chi connectivity index (χ0v) is 11.3. The number of rotatable bonds is 2. The Morgan fingerprint density at radius 3 is 2.95 bits per heavy atom. The van der Waals surface area contributed by atoms with E-state index in [4.69, 9.17) is 9.68 Å². The highest BCUT2D eigenvalue weighted by Crippen LogP contribution is 2.18. The zero-order valence-electron chi connectivity index (χ0n) is 11.3. The van der Waals surface area contributed by atoms with Crippen molar-refractivity contribution < 1.29 is 9.21 Å². The van der Waals surface area contributed by atoms with Crippen LogP contribution in [0.15, 0.2) is 46.9 Å². The van der Waals surface area contributed by atoms with Gasteiger partial charge in [-0.1, -0.05) is 6.07 Å². The second-order valence-electron chi connectivity index (χ2n) is 4.56. The van der Waals surface area contributed by atoms with E-state index in [9.17, 15) is 4.79 Å². The molecule has 1 amide bonds. The average Bonchev–Trinajstić information content (AvgIpc) is 2.86. The topological polar surface area (TPSA) is 78.9 Å². The second-order valence-corrected chi connectivity index (χ2v) is 4.56. The van der Waals surface area contributed by atoms with Crippen molar-refractivity contribution in [3.8, 4) is 6.07 Å². The van der Waals surface area contributed by atoms with E-state index in [1.807, 2.05) is 6.07 Å². The number of oxazole rings is 1. The third-order valence-electron chi connectivity index (χ3n) is 3.01. The third kappa shape index (κ3) is 2.60. The van der Waals surface area contributed by atoms with Crippen LogP contribution in [0, 0.1) is 18.3 Å². The number of fused-ring (bicyclic) bond motifs is 1. The lowest BCUT2D eigenvalue weighted by atomic mass is 10.1. The van der Waals surface area contributed by atoms with Crippen LogP contribution in [-0.2, 0) is 0 Å². The summed E-state index contributed by atoms with van der Waals surface area (Å²) >= 11 is 0. The third-order valence-corrected chi connectivity index (χ3v) is 3.01. The van der Waals surface area contributed by atoms with Crippen LogP contribution >= 0.6 is 0 Å². The lowest BCUT2D eigenvalue weighted by Gasteiger charge is -2.05. The summed E-state index contributed by atoms with van der Waals surface area (Å²) in [6.07, 6.45) is 0. The molecule has 0 fully saturated rings. The summed E-state index contributed by atoms with van der Waals surface area (Å²) in [7, 11) is 0. The fraction of sp³-hybridized carbons (Fsp3) is 0.0625. The molecule has 3 rings (SSSR count). The first-order chi connectivity index (χ1) is 10.2. The van der Waals surface area contributed by atoms with Crippen molar-refractivity contribution in [1.29, 1.82) is 5.26 Å². The highest BCUT2D eigenvalue weighted by molar-refractivity contribution is 6.05. The van der Waals surface area contributed by atoms with Crippen LogP contribution in [0.4, 0.5) is 5.69 Å². The molecule has 1 heterocycles. The van der Waals surface area contributed by atoms with Crippen LogP contribution in [0.25, 0.3) is 11.1 Å². The molecular formula is C16H11N3O2. The number of anilines is 1. The molecule has 0 atom stereocenters. The van der Waals surface area contributed by atoms with Gasteiger partial charge in [0.1, 0.15) is 5.52 Å². The quantitative estimate of drug-likeness (QED) is 0.779. The molecule has 0 aliphatic rings. The molecule has 102 valence electrons. The summed E-state index contributed by atoms with van der Waals surface area (Å²) in [5.74, 6) is 0.297. The van der Waals surface area contributed by atoms with Gasteiger partial charge in [0.2, 0.25) is 0 Å². The largest absolute Gasteiger partial charge is 0.441 e. The highest BCUT2D eigenvalue weighted by Gasteiger charge is 2.10. The Hall–Kier alpha value is -3.13. The molecule has 0 aliphatic carbocycles. The number of carbonyl (C=O) groups excluding carboxylic acids is 1. The van der Waals surface area contributed by atoms with Crippen LogP contribution in [0.3, 0.4) is 0 Å². The lowest BCUT2D eigenvalue weighted by molar-refractivity contribution is 0.102. The van der Waals surface area contributed by atoms with Gasteiger partial charge < -0.3 is 9.73 Å². The maximum atomic E-state index is 12.2. The maximum absolute atomic E-state index is 12.2. The molecule has 0 aliphatic heterocycles. The number of hydrogen-bond donors (Lipinski definition) is 1. The predicted octanol–water partition coefficient (Wildman–Crippen LogP) is 3.26. The van der Waals surface area contributed by atoms with Gasteiger partial charge in [-0.15, -0.1) is 0 Å². The average molecular weight is 277 g/mol. The molecule has 1 aromatic heterocycles. The molecule has 0 radical (unpaired) electrons. The Morgan fingerprint density at radius 1 is 1.29 bits per heavy atom. The monoisotopic (exact) mass is 277 g/mol. The van der Waals surface area contributed by atoms with Crippen molar-refractivity contribution in [1.82, 2.24) is 4.98 Å². The molecule has 5 heteroatoms. The van der Waals surface area contributed by atoms with E-state index in [-0.39, 0.29) is 5.91 Å². The SMILES string of the molecule is Cc1nc2ccc(C(=O)Nc3cccc(C#N)c3)cc2o1. The second kappa shape index (κ2) is 5.10. The molecule has 0 bridgehead atoms. The van der Waals surface area contributed by atoms with Gasteiger partial charge in [0.25, 0.3) is 5.91 Å².